The third kappa shape index (κ3) is 7.52. The molecule has 1 amide bonds. The molecular weight excluding hydrogens is 593 g/mol. The summed E-state index contributed by atoms with van der Waals surface area (Å²) in [6, 6.07) is 14.0. The molecule has 2 atom stereocenters. The molecule has 10 heteroatoms. The van der Waals surface area contributed by atoms with Crippen molar-refractivity contribution < 1.29 is 23.3 Å². The highest BCUT2D eigenvalue weighted by Crippen LogP contribution is 2.52. The van der Waals surface area contributed by atoms with E-state index >= 15 is 0 Å². The number of Topliss-reactive ketones (excluding diaryl/α,β-unsaturated/α-hetero) is 1. The Hall–Kier alpha value is -1.53. The summed E-state index contributed by atoms with van der Waals surface area (Å²) in [6.45, 7) is 20.6. The van der Waals surface area contributed by atoms with E-state index in [1.54, 1.807) is 48.5 Å². The molecule has 2 rings (SSSR count). The number of hydroxylamine groups is 2. The Morgan fingerprint density at radius 2 is 1.32 bits per heavy atom. The maximum atomic E-state index is 14.8. The van der Waals surface area contributed by atoms with Crippen LogP contribution in [-0.4, -0.2) is 54.2 Å². The van der Waals surface area contributed by atoms with Crippen molar-refractivity contribution in [3.63, 3.8) is 0 Å². The predicted molar refractivity (Wildman–Crippen MR) is 174 cm³/mol. The van der Waals surface area contributed by atoms with Gasteiger partial charge in [0.2, 0.25) is 0 Å². The number of nitrogens with zero attached hydrogens (tertiary/aromatic N) is 1. The lowest BCUT2D eigenvalue weighted by Gasteiger charge is -2.49. The molecule has 0 aromatic heterocycles. The summed E-state index contributed by atoms with van der Waals surface area (Å²) in [5, 5.41) is 1.27. The van der Waals surface area contributed by atoms with Gasteiger partial charge in [0.1, 0.15) is 0 Å². The van der Waals surface area contributed by atoms with Gasteiger partial charge >= 0.3 is 0 Å². The molecule has 228 valence electrons. The number of likely N-dealkylation sites (N-methyl/N-ethyl adjacent to an activating group) is 1. The zero-order valence-corrected chi connectivity index (χ0v) is 30.2. The SMILES string of the molecule is CON(C)C(=O)[C@](O[Si](C)(C)C(C)(C)C)(c1ccccc1Cl)[C@H](C(=O)CO[Si](C)(C)C(C)(C)C)c1ccccc1Cl. The number of hydrogen-bond donors (Lipinski definition) is 0. The van der Waals surface area contributed by atoms with E-state index in [2.05, 4.69) is 54.6 Å². The predicted octanol–water partition coefficient (Wildman–Crippen LogP) is 8.61. The van der Waals surface area contributed by atoms with Crippen LogP contribution in [0.2, 0.25) is 46.3 Å². The summed E-state index contributed by atoms with van der Waals surface area (Å²) in [7, 11) is -2.25. The second-order valence-corrected chi connectivity index (χ2v) is 23.9. The quantitative estimate of drug-likeness (QED) is 0.182. The minimum absolute atomic E-state index is 0.128. The highest BCUT2D eigenvalue weighted by atomic mass is 35.5. The Morgan fingerprint density at radius 3 is 1.78 bits per heavy atom. The van der Waals surface area contributed by atoms with Crippen LogP contribution in [0.1, 0.15) is 58.6 Å². The van der Waals surface area contributed by atoms with E-state index in [1.165, 1.54) is 14.2 Å². The molecule has 0 aliphatic rings. The summed E-state index contributed by atoms with van der Waals surface area (Å²) >= 11 is 13.7. The van der Waals surface area contributed by atoms with Crippen LogP contribution in [0.3, 0.4) is 0 Å². The summed E-state index contributed by atoms with van der Waals surface area (Å²) in [5.74, 6) is -2.09. The van der Waals surface area contributed by atoms with Gasteiger partial charge in [0.15, 0.2) is 28.0 Å². The lowest BCUT2D eigenvalue weighted by atomic mass is 9.74. The fourth-order valence-corrected chi connectivity index (χ4v) is 6.95. The van der Waals surface area contributed by atoms with E-state index < -0.39 is 34.1 Å². The monoisotopic (exact) mass is 639 g/mol. The summed E-state index contributed by atoms with van der Waals surface area (Å²) in [6.07, 6.45) is 0. The second-order valence-electron chi connectivity index (χ2n) is 13.5. The van der Waals surface area contributed by atoms with Gasteiger partial charge in [-0.3, -0.25) is 14.4 Å². The zero-order chi connectivity index (χ0) is 31.6. The number of carbonyl (C=O) groups is 2. The molecule has 0 radical (unpaired) electrons. The van der Waals surface area contributed by atoms with Crippen molar-refractivity contribution in [1.29, 1.82) is 0 Å². The minimum Gasteiger partial charge on any atom is -0.410 e. The molecule has 41 heavy (non-hydrogen) atoms. The van der Waals surface area contributed by atoms with Gasteiger partial charge in [0, 0.05) is 22.7 Å². The van der Waals surface area contributed by atoms with E-state index in [4.69, 9.17) is 36.9 Å². The summed E-state index contributed by atoms with van der Waals surface area (Å²) in [4.78, 5) is 34.9. The number of ketones is 1. The van der Waals surface area contributed by atoms with Gasteiger partial charge in [-0.05, 0) is 54.0 Å². The van der Waals surface area contributed by atoms with Crippen LogP contribution in [-0.2, 0) is 28.9 Å². The Balaban J connectivity index is 3.06. The fraction of sp³-hybridized carbons (Fsp3) is 0.548. The fourth-order valence-electron chi connectivity index (χ4n) is 4.07. The molecule has 6 nitrogen and oxygen atoms in total. The number of carbonyl (C=O) groups excluding carboxylic acids is 2. The molecule has 0 saturated heterocycles. The molecule has 0 aliphatic heterocycles. The van der Waals surface area contributed by atoms with Gasteiger partial charge < -0.3 is 8.85 Å². The molecule has 0 fully saturated rings. The number of halogens is 2. The average molecular weight is 641 g/mol. The van der Waals surface area contributed by atoms with Crippen LogP contribution in [0, 0.1) is 0 Å². The summed E-state index contributed by atoms with van der Waals surface area (Å²) in [5.41, 5.74) is -1.09. The van der Waals surface area contributed by atoms with Crippen molar-refractivity contribution in [2.45, 2.75) is 89.3 Å². The molecule has 0 N–H and O–H groups in total. The van der Waals surface area contributed by atoms with Gasteiger partial charge in [0.25, 0.3) is 5.91 Å². The lowest BCUT2D eigenvalue weighted by molar-refractivity contribution is -0.191. The Bertz CT molecular complexity index is 1240. The van der Waals surface area contributed by atoms with Crippen LogP contribution in [0.5, 0.6) is 0 Å². The molecular formula is C31H47Cl2NO5Si2. The first-order chi connectivity index (χ1) is 18.6. The number of amides is 1. The molecule has 2 aromatic rings. The van der Waals surface area contributed by atoms with Crippen LogP contribution < -0.4 is 0 Å². The van der Waals surface area contributed by atoms with Gasteiger partial charge in [0.05, 0.1) is 19.6 Å². The van der Waals surface area contributed by atoms with Crippen molar-refractivity contribution in [2.24, 2.45) is 0 Å². The first-order valence-electron chi connectivity index (χ1n) is 13.8. The molecule has 2 aromatic carbocycles. The van der Waals surface area contributed by atoms with Crippen molar-refractivity contribution in [2.75, 3.05) is 20.8 Å². The number of benzene rings is 2. The summed E-state index contributed by atoms with van der Waals surface area (Å²) < 4.78 is 13.6. The number of hydrogen-bond acceptors (Lipinski definition) is 5. The molecule has 0 heterocycles. The largest absolute Gasteiger partial charge is 0.410 e. The van der Waals surface area contributed by atoms with Crippen LogP contribution in [0.15, 0.2) is 48.5 Å². The van der Waals surface area contributed by atoms with Gasteiger partial charge in [-0.25, -0.2) is 5.06 Å². The highest BCUT2D eigenvalue weighted by Gasteiger charge is 2.59. The van der Waals surface area contributed by atoms with Crippen molar-refractivity contribution >= 4 is 51.5 Å². The van der Waals surface area contributed by atoms with Crippen molar-refractivity contribution in [1.82, 2.24) is 5.06 Å². The highest BCUT2D eigenvalue weighted by molar-refractivity contribution is 6.74. The van der Waals surface area contributed by atoms with Crippen molar-refractivity contribution in [3.05, 3.63) is 69.7 Å². The van der Waals surface area contributed by atoms with E-state index in [1.807, 2.05) is 13.1 Å². The molecule has 0 bridgehead atoms. The molecule has 0 aliphatic carbocycles. The lowest BCUT2D eigenvalue weighted by Crippen LogP contribution is -2.59. The van der Waals surface area contributed by atoms with Crippen LogP contribution >= 0.6 is 23.2 Å². The molecule has 0 unspecified atom stereocenters. The standard InChI is InChI=1S/C31H47Cl2NO5Si2/c1-29(2,3)40(9,10)38-21-26(35)27(22-17-13-15-19-24(22)32)31(28(36)34(7)37-8,23-18-14-16-20-25(23)33)39-41(11,12)30(4,5)6/h13-20,27H,21H2,1-12H3/t27-,31-/m0/s1. The van der Waals surface area contributed by atoms with Gasteiger partial charge in [-0.2, -0.15) is 0 Å². The van der Waals surface area contributed by atoms with Crippen molar-refractivity contribution in [3.8, 4) is 0 Å². The Kier molecular flexibility index (Phi) is 11.3. The third-order valence-electron chi connectivity index (χ3n) is 8.70. The minimum atomic E-state index is -2.80. The van der Waals surface area contributed by atoms with Gasteiger partial charge in [-0.15, -0.1) is 0 Å². The van der Waals surface area contributed by atoms with E-state index in [0.717, 1.165) is 5.06 Å². The number of rotatable bonds is 11. The maximum Gasteiger partial charge on any atom is 0.282 e. The van der Waals surface area contributed by atoms with Crippen LogP contribution in [0.4, 0.5) is 0 Å². The smallest absolute Gasteiger partial charge is 0.282 e. The topological polar surface area (TPSA) is 65.1 Å². The van der Waals surface area contributed by atoms with Crippen LogP contribution in [0.25, 0.3) is 0 Å². The van der Waals surface area contributed by atoms with E-state index in [-0.39, 0.29) is 22.5 Å². The first-order valence-corrected chi connectivity index (χ1v) is 20.4. The average Bonchev–Trinajstić information content (AvgIpc) is 2.86. The maximum absolute atomic E-state index is 14.8. The van der Waals surface area contributed by atoms with E-state index in [9.17, 15) is 9.59 Å². The third-order valence-corrected chi connectivity index (χ3v) is 18.3. The first kappa shape index (κ1) is 35.7. The molecule has 0 saturated carbocycles. The van der Waals surface area contributed by atoms with Gasteiger partial charge in [-0.1, -0.05) is 101 Å². The Labute approximate surface area is 258 Å². The van der Waals surface area contributed by atoms with E-state index in [0.29, 0.717) is 21.2 Å². The molecule has 0 spiro atoms. The zero-order valence-electron chi connectivity index (χ0n) is 26.6. The normalized spacial score (nSPS) is 15.3. The Morgan fingerprint density at radius 1 is 0.829 bits per heavy atom. The second kappa shape index (κ2) is 13.0.